The van der Waals surface area contributed by atoms with Crippen molar-refractivity contribution in [2.75, 3.05) is 6.61 Å². The summed E-state index contributed by atoms with van der Waals surface area (Å²) in [5.74, 6) is -0.380. The van der Waals surface area contributed by atoms with Crippen LogP contribution >= 0.6 is 15.9 Å². The zero-order valence-electron chi connectivity index (χ0n) is 16.4. The minimum Gasteiger partial charge on any atom is -0.388 e. The van der Waals surface area contributed by atoms with Crippen LogP contribution in [0.25, 0.3) is 0 Å². The van der Waals surface area contributed by atoms with E-state index in [4.69, 9.17) is 4.74 Å². The van der Waals surface area contributed by atoms with Crippen molar-refractivity contribution in [3.63, 3.8) is 0 Å². The molecule has 5 nitrogen and oxygen atoms in total. The van der Waals surface area contributed by atoms with Gasteiger partial charge in [0, 0.05) is 15.7 Å². The molecule has 4 aliphatic carbocycles. The van der Waals surface area contributed by atoms with Crippen LogP contribution in [0.15, 0.2) is 23.8 Å². The van der Waals surface area contributed by atoms with Crippen LogP contribution < -0.4 is 0 Å². The van der Waals surface area contributed by atoms with E-state index in [1.807, 2.05) is 19.9 Å². The van der Waals surface area contributed by atoms with Crippen molar-refractivity contribution in [1.82, 2.24) is 0 Å². The van der Waals surface area contributed by atoms with Gasteiger partial charge in [0.25, 0.3) is 0 Å². The number of carbonyl (C=O) groups excluding carboxylic acids is 2. The van der Waals surface area contributed by atoms with Gasteiger partial charge in [-0.1, -0.05) is 35.9 Å². The normalized spacial score (nSPS) is 56.3. The molecule has 0 bridgehead atoms. The molecule has 0 aromatic rings. The molecule has 28 heavy (non-hydrogen) atoms. The largest absolute Gasteiger partial charge is 0.388 e. The van der Waals surface area contributed by atoms with Gasteiger partial charge in [0.05, 0.1) is 6.10 Å². The Balaban J connectivity index is 1.63. The Bertz CT molecular complexity index is 850. The predicted molar refractivity (Wildman–Crippen MR) is 106 cm³/mol. The Morgan fingerprint density at radius 3 is 2.71 bits per heavy atom. The molecule has 4 fully saturated rings. The highest BCUT2D eigenvalue weighted by molar-refractivity contribution is 9.09. The molecule has 0 amide bonds. The first kappa shape index (κ1) is 19.2. The number of halogens is 1. The molecule has 0 aromatic heterocycles. The van der Waals surface area contributed by atoms with E-state index in [0.717, 1.165) is 18.4 Å². The van der Waals surface area contributed by atoms with Crippen molar-refractivity contribution in [1.29, 1.82) is 0 Å². The van der Waals surface area contributed by atoms with Crippen LogP contribution in [0.5, 0.6) is 0 Å². The van der Waals surface area contributed by atoms with Crippen LogP contribution in [0.3, 0.4) is 0 Å². The molecule has 9 atom stereocenters. The summed E-state index contributed by atoms with van der Waals surface area (Å²) in [5, 5.41) is 21.1. The minimum absolute atomic E-state index is 0.0158. The van der Waals surface area contributed by atoms with E-state index >= 15 is 0 Å². The first-order chi connectivity index (χ1) is 13.1. The van der Waals surface area contributed by atoms with Crippen molar-refractivity contribution in [3.05, 3.63) is 23.8 Å². The Labute approximate surface area is 173 Å². The fourth-order valence-corrected chi connectivity index (χ4v) is 8.70. The predicted octanol–water partition coefficient (Wildman–Crippen LogP) is 2.34. The highest BCUT2D eigenvalue weighted by atomic mass is 79.9. The average molecular weight is 451 g/mol. The Morgan fingerprint density at radius 2 is 2.04 bits per heavy atom. The number of hydrogen-bond acceptors (Lipinski definition) is 5. The lowest BCUT2D eigenvalue weighted by Crippen LogP contribution is -2.63. The number of Topliss-reactive ketones (excluding diaryl/α,β-unsaturated/α-hetero) is 1. The molecule has 5 rings (SSSR count). The van der Waals surface area contributed by atoms with Crippen LogP contribution in [0, 0.1) is 28.6 Å². The van der Waals surface area contributed by atoms with Gasteiger partial charge in [-0.15, -0.1) is 0 Å². The summed E-state index contributed by atoms with van der Waals surface area (Å²) in [5.41, 5.74) is -1.82. The number of rotatable bonds is 2. The molecule has 3 saturated carbocycles. The fraction of sp³-hybridized carbons (Fsp3) is 0.727. The zero-order chi connectivity index (χ0) is 20.3. The zero-order valence-corrected chi connectivity index (χ0v) is 18.0. The summed E-state index contributed by atoms with van der Waals surface area (Å²) >= 11 is 3.82. The van der Waals surface area contributed by atoms with Gasteiger partial charge in [0.2, 0.25) is 0 Å². The van der Waals surface area contributed by atoms with Crippen LogP contribution in [-0.2, 0) is 14.3 Å². The van der Waals surface area contributed by atoms with Gasteiger partial charge < -0.3 is 14.9 Å². The molecular formula is C22H27BrO5. The molecule has 5 aliphatic rings. The van der Waals surface area contributed by atoms with Crippen molar-refractivity contribution < 1.29 is 24.5 Å². The second-order valence-corrected chi connectivity index (χ2v) is 11.1. The smallest absolute Gasteiger partial charge is 0.190 e. The Morgan fingerprint density at radius 1 is 1.32 bits per heavy atom. The number of carbonyl (C=O) groups is 2. The Hall–Kier alpha value is -0.820. The van der Waals surface area contributed by atoms with Crippen LogP contribution in [-0.4, -0.2) is 50.5 Å². The summed E-state index contributed by atoms with van der Waals surface area (Å²) in [7, 11) is 0. The van der Waals surface area contributed by atoms with Crippen LogP contribution in [0.4, 0.5) is 0 Å². The average Bonchev–Trinajstić information content (AvgIpc) is 3.34. The lowest BCUT2D eigenvalue weighted by Gasteiger charge is -2.56. The molecule has 0 aromatic carbocycles. The molecule has 6 heteroatoms. The summed E-state index contributed by atoms with van der Waals surface area (Å²) in [6.07, 6.45) is 7.49. The van der Waals surface area contributed by atoms with Gasteiger partial charge in [-0.05, 0) is 61.7 Å². The molecular weight excluding hydrogens is 424 g/mol. The van der Waals surface area contributed by atoms with E-state index in [9.17, 15) is 19.8 Å². The first-order valence-corrected chi connectivity index (χ1v) is 11.1. The first-order valence-electron chi connectivity index (χ1n) is 10.2. The maximum Gasteiger partial charge on any atom is 0.190 e. The van der Waals surface area contributed by atoms with Gasteiger partial charge in [-0.2, -0.15) is 0 Å². The summed E-state index contributed by atoms with van der Waals surface area (Å²) in [4.78, 5) is 24.8. The topological polar surface area (TPSA) is 87.1 Å². The number of allylic oxidation sites excluding steroid dienone is 2. The van der Waals surface area contributed by atoms with Gasteiger partial charge in [0.1, 0.15) is 17.8 Å². The van der Waals surface area contributed by atoms with Crippen molar-refractivity contribution >= 4 is 27.5 Å². The van der Waals surface area contributed by atoms with Crippen molar-refractivity contribution in [3.8, 4) is 0 Å². The van der Waals surface area contributed by atoms with Gasteiger partial charge in [0.15, 0.2) is 11.6 Å². The third-order valence-electron chi connectivity index (χ3n) is 9.07. The monoisotopic (exact) mass is 450 g/mol. The van der Waals surface area contributed by atoms with E-state index in [0.29, 0.717) is 6.42 Å². The Kier molecular flexibility index (Phi) is 3.73. The number of epoxide rings is 1. The fourth-order valence-electron chi connectivity index (χ4n) is 7.69. The molecule has 0 unspecified atom stereocenters. The lowest BCUT2D eigenvalue weighted by atomic mass is 9.46. The van der Waals surface area contributed by atoms with Crippen LogP contribution in [0.1, 0.15) is 40.0 Å². The molecule has 2 N–H and O–H groups in total. The van der Waals surface area contributed by atoms with E-state index in [1.165, 1.54) is 0 Å². The number of hydrogen-bond donors (Lipinski definition) is 2. The molecule has 1 aliphatic heterocycles. The van der Waals surface area contributed by atoms with Gasteiger partial charge >= 0.3 is 0 Å². The summed E-state index contributed by atoms with van der Waals surface area (Å²) in [6, 6.07) is 0. The van der Waals surface area contributed by atoms with Gasteiger partial charge in [-0.3, -0.25) is 9.59 Å². The number of ketones is 2. The van der Waals surface area contributed by atoms with Crippen molar-refractivity contribution in [2.24, 2.45) is 28.6 Å². The number of aliphatic hydroxyl groups is 2. The van der Waals surface area contributed by atoms with Crippen molar-refractivity contribution in [2.45, 2.75) is 62.2 Å². The quantitative estimate of drug-likeness (QED) is 0.497. The summed E-state index contributed by atoms with van der Waals surface area (Å²) in [6.45, 7) is 5.46. The second kappa shape index (κ2) is 5.45. The third kappa shape index (κ3) is 1.85. The van der Waals surface area contributed by atoms with E-state index in [1.54, 1.807) is 12.2 Å². The second-order valence-electron chi connectivity index (χ2n) is 9.96. The number of ether oxygens (including phenoxy) is 1. The number of aliphatic hydroxyl groups excluding tert-OH is 1. The molecule has 152 valence electrons. The maximum atomic E-state index is 12.7. The van der Waals surface area contributed by atoms with E-state index in [-0.39, 0.29) is 45.5 Å². The molecule has 0 radical (unpaired) electrons. The lowest BCUT2D eigenvalue weighted by molar-refractivity contribution is -0.165. The van der Waals surface area contributed by atoms with Gasteiger partial charge in [-0.25, -0.2) is 0 Å². The number of fused-ring (bicyclic) bond motifs is 3. The summed E-state index contributed by atoms with van der Waals surface area (Å²) < 4.78 is 6.46. The number of alkyl halides is 1. The third-order valence-corrected chi connectivity index (χ3v) is 9.94. The highest BCUT2D eigenvalue weighted by Gasteiger charge is 2.82. The SMILES string of the molecule is C[C@H]1C[C@H]2[C@@H]3C[C@H](Br)C4=CC(=O)C=C[C@]4(C)[C@@]34O[C@H]4C[C@]2(C)[C@@]1(O)C(=O)CO. The molecule has 1 spiro atoms. The maximum absolute atomic E-state index is 12.7. The van der Waals surface area contributed by atoms with E-state index < -0.39 is 23.4 Å². The van der Waals surface area contributed by atoms with E-state index in [2.05, 4.69) is 22.9 Å². The highest BCUT2D eigenvalue weighted by Crippen LogP contribution is 2.76. The minimum atomic E-state index is -1.53. The molecule has 1 saturated heterocycles. The van der Waals surface area contributed by atoms with Crippen LogP contribution in [0.2, 0.25) is 0 Å². The molecule has 1 heterocycles. The standard InChI is InChI=1S/C22H27BrO5/c1-11-6-13-14-8-16(23)15-7-12(25)4-5-19(15,2)22(14)18(28-22)9-20(13,3)21(11,27)17(26)10-24/h4-5,7,11,13-14,16,18,24,27H,6,8-10H2,1-3H3/t11-,13-,14-,16-,18-,19-,20-,21-,22+/m0/s1.